The number of benzene rings is 1. The first-order valence-corrected chi connectivity index (χ1v) is 4.10. The summed E-state index contributed by atoms with van der Waals surface area (Å²) in [4.78, 5) is 10.3. The number of rotatable bonds is 3. The zero-order chi connectivity index (χ0) is 10.6. The standard InChI is InChI=1S/C10H10N2O2/c1-7-3-2-4-8(5-11)10(7)12-6-9(13)14/h2-4,12H,6H2,1H3,(H,13,14). The van der Waals surface area contributed by atoms with Gasteiger partial charge in [0.15, 0.2) is 0 Å². The van der Waals surface area contributed by atoms with Gasteiger partial charge in [-0.05, 0) is 18.6 Å². The van der Waals surface area contributed by atoms with Crippen LogP contribution in [0.4, 0.5) is 5.69 Å². The molecule has 0 fully saturated rings. The van der Waals surface area contributed by atoms with E-state index in [-0.39, 0.29) is 6.54 Å². The molecule has 2 N–H and O–H groups in total. The topological polar surface area (TPSA) is 73.1 Å². The maximum atomic E-state index is 10.3. The first kappa shape index (κ1) is 10.1. The summed E-state index contributed by atoms with van der Waals surface area (Å²) in [5.41, 5.74) is 1.92. The van der Waals surface area contributed by atoms with Gasteiger partial charge in [-0.2, -0.15) is 5.26 Å². The maximum absolute atomic E-state index is 10.3. The van der Waals surface area contributed by atoms with Crippen LogP contribution in [0, 0.1) is 18.3 Å². The van der Waals surface area contributed by atoms with Gasteiger partial charge < -0.3 is 10.4 Å². The molecule has 0 unspecified atom stereocenters. The van der Waals surface area contributed by atoms with Crippen LogP contribution < -0.4 is 5.32 Å². The largest absolute Gasteiger partial charge is 0.480 e. The zero-order valence-electron chi connectivity index (χ0n) is 7.74. The average Bonchev–Trinajstić information content (AvgIpc) is 2.15. The van der Waals surface area contributed by atoms with Crippen LogP contribution in [-0.4, -0.2) is 17.6 Å². The van der Waals surface area contributed by atoms with Crippen molar-refractivity contribution in [3.63, 3.8) is 0 Å². The van der Waals surface area contributed by atoms with Crippen molar-refractivity contribution in [3.8, 4) is 6.07 Å². The van der Waals surface area contributed by atoms with Crippen LogP contribution >= 0.6 is 0 Å². The predicted octanol–water partition coefficient (Wildman–Crippen LogP) is 1.36. The number of nitriles is 1. The molecule has 72 valence electrons. The lowest BCUT2D eigenvalue weighted by Gasteiger charge is -2.08. The van der Waals surface area contributed by atoms with Crippen LogP contribution in [0.2, 0.25) is 0 Å². The minimum absolute atomic E-state index is 0.181. The second-order valence-electron chi connectivity index (χ2n) is 2.86. The Morgan fingerprint density at radius 2 is 2.36 bits per heavy atom. The minimum Gasteiger partial charge on any atom is -0.480 e. The lowest BCUT2D eigenvalue weighted by Crippen LogP contribution is -2.13. The Balaban J connectivity index is 2.94. The van der Waals surface area contributed by atoms with E-state index in [4.69, 9.17) is 10.4 Å². The molecule has 0 aliphatic heterocycles. The van der Waals surface area contributed by atoms with Crippen molar-refractivity contribution >= 4 is 11.7 Å². The van der Waals surface area contributed by atoms with E-state index in [1.54, 1.807) is 12.1 Å². The fourth-order valence-electron chi connectivity index (χ4n) is 1.16. The monoisotopic (exact) mass is 190 g/mol. The van der Waals surface area contributed by atoms with Gasteiger partial charge >= 0.3 is 5.97 Å². The van der Waals surface area contributed by atoms with Crippen molar-refractivity contribution in [1.82, 2.24) is 0 Å². The Morgan fingerprint density at radius 3 is 2.93 bits per heavy atom. The molecule has 0 atom stereocenters. The zero-order valence-corrected chi connectivity index (χ0v) is 7.74. The first-order valence-electron chi connectivity index (χ1n) is 4.10. The molecule has 0 bridgehead atoms. The van der Waals surface area contributed by atoms with Crippen molar-refractivity contribution in [2.45, 2.75) is 6.92 Å². The molecule has 14 heavy (non-hydrogen) atoms. The van der Waals surface area contributed by atoms with Crippen LogP contribution in [0.15, 0.2) is 18.2 Å². The molecule has 0 aromatic heterocycles. The van der Waals surface area contributed by atoms with Crippen molar-refractivity contribution < 1.29 is 9.90 Å². The number of nitrogens with zero attached hydrogens (tertiary/aromatic N) is 1. The Bertz CT molecular complexity index is 394. The summed E-state index contributed by atoms with van der Waals surface area (Å²) in [5.74, 6) is -0.947. The van der Waals surface area contributed by atoms with E-state index >= 15 is 0 Å². The number of nitrogens with one attached hydrogen (secondary N) is 1. The predicted molar refractivity (Wildman–Crippen MR) is 52.0 cm³/mol. The first-order chi connectivity index (χ1) is 6.65. The minimum atomic E-state index is -0.947. The lowest BCUT2D eigenvalue weighted by atomic mass is 10.1. The van der Waals surface area contributed by atoms with E-state index in [9.17, 15) is 4.79 Å². The molecule has 1 rings (SSSR count). The molecular weight excluding hydrogens is 180 g/mol. The molecule has 1 aromatic carbocycles. The molecule has 4 nitrogen and oxygen atoms in total. The van der Waals surface area contributed by atoms with Crippen molar-refractivity contribution in [2.24, 2.45) is 0 Å². The normalized spacial score (nSPS) is 9.14. The summed E-state index contributed by atoms with van der Waals surface area (Å²) in [7, 11) is 0. The van der Waals surface area contributed by atoms with Crippen LogP contribution in [0.3, 0.4) is 0 Å². The number of carbonyl (C=O) groups is 1. The number of hydrogen-bond donors (Lipinski definition) is 2. The highest BCUT2D eigenvalue weighted by Crippen LogP contribution is 2.18. The highest BCUT2D eigenvalue weighted by atomic mass is 16.4. The van der Waals surface area contributed by atoms with E-state index in [2.05, 4.69) is 5.32 Å². The van der Waals surface area contributed by atoms with E-state index in [0.29, 0.717) is 11.3 Å². The van der Waals surface area contributed by atoms with Crippen molar-refractivity contribution in [1.29, 1.82) is 5.26 Å². The fraction of sp³-hybridized carbons (Fsp3) is 0.200. The second kappa shape index (κ2) is 4.28. The summed E-state index contributed by atoms with van der Waals surface area (Å²) in [5, 5.41) is 20.0. The smallest absolute Gasteiger partial charge is 0.322 e. The highest BCUT2D eigenvalue weighted by molar-refractivity contribution is 5.74. The number of aryl methyl sites for hydroxylation is 1. The van der Waals surface area contributed by atoms with E-state index in [1.165, 1.54) is 0 Å². The molecule has 0 aliphatic carbocycles. The van der Waals surface area contributed by atoms with Crippen molar-refractivity contribution in [3.05, 3.63) is 29.3 Å². The van der Waals surface area contributed by atoms with Gasteiger partial charge in [0, 0.05) is 0 Å². The molecule has 0 heterocycles. The van der Waals surface area contributed by atoms with E-state index in [0.717, 1.165) is 5.56 Å². The van der Waals surface area contributed by atoms with Crippen molar-refractivity contribution in [2.75, 3.05) is 11.9 Å². The molecule has 4 heteroatoms. The summed E-state index contributed by atoms with van der Waals surface area (Å²) in [6, 6.07) is 7.24. The number of carboxylic acids is 1. The summed E-state index contributed by atoms with van der Waals surface area (Å²) in [6.07, 6.45) is 0. The maximum Gasteiger partial charge on any atom is 0.322 e. The molecule has 0 amide bonds. The number of anilines is 1. The molecule has 0 saturated carbocycles. The van der Waals surface area contributed by atoms with Gasteiger partial charge in [0.2, 0.25) is 0 Å². The SMILES string of the molecule is Cc1cccc(C#N)c1NCC(=O)O. The number of para-hydroxylation sites is 1. The van der Waals surface area contributed by atoms with Gasteiger partial charge in [0.05, 0.1) is 11.3 Å². The third-order valence-electron chi connectivity index (χ3n) is 1.81. The average molecular weight is 190 g/mol. The van der Waals surface area contributed by atoms with Gasteiger partial charge in [-0.3, -0.25) is 4.79 Å². The molecular formula is C10H10N2O2. The van der Waals surface area contributed by atoms with Gasteiger partial charge in [0.25, 0.3) is 0 Å². The molecule has 0 spiro atoms. The van der Waals surface area contributed by atoms with Crippen LogP contribution in [-0.2, 0) is 4.79 Å². The number of aliphatic carboxylic acids is 1. The molecule has 0 radical (unpaired) electrons. The Hall–Kier alpha value is -2.02. The Kier molecular flexibility index (Phi) is 3.08. The van der Waals surface area contributed by atoms with Crippen LogP contribution in [0.1, 0.15) is 11.1 Å². The summed E-state index contributed by atoms with van der Waals surface area (Å²) < 4.78 is 0. The lowest BCUT2D eigenvalue weighted by molar-refractivity contribution is -0.134. The van der Waals surface area contributed by atoms with Crippen LogP contribution in [0.25, 0.3) is 0 Å². The van der Waals surface area contributed by atoms with Gasteiger partial charge in [-0.1, -0.05) is 12.1 Å². The summed E-state index contributed by atoms with van der Waals surface area (Å²) >= 11 is 0. The van der Waals surface area contributed by atoms with Crippen LogP contribution in [0.5, 0.6) is 0 Å². The number of carboxylic acid groups (broad SMARTS) is 1. The molecule has 0 saturated heterocycles. The Morgan fingerprint density at radius 1 is 1.64 bits per heavy atom. The fourth-order valence-corrected chi connectivity index (χ4v) is 1.16. The second-order valence-corrected chi connectivity index (χ2v) is 2.86. The highest BCUT2D eigenvalue weighted by Gasteiger charge is 2.05. The third-order valence-corrected chi connectivity index (χ3v) is 1.81. The molecule has 0 aliphatic rings. The van der Waals surface area contributed by atoms with Gasteiger partial charge in [-0.25, -0.2) is 0 Å². The van der Waals surface area contributed by atoms with Gasteiger partial charge in [0.1, 0.15) is 12.6 Å². The van der Waals surface area contributed by atoms with Gasteiger partial charge in [-0.15, -0.1) is 0 Å². The third kappa shape index (κ3) is 2.23. The quantitative estimate of drug-likeness (QED) is 0.754. The van der Waals surface area contributed by atoms with E-state index < -0.39 is 5.97 Å². The molecule has 1 aromatic rings. The summed E-state index contributed by atoms with van der Waals surface area (Å²) in [6.45, 7) is 1.64. The Labute approximate surface area is 81.8 Å². The number of hydrogen-bond acceptors (Lipinski definition) is 3. The van der Waals surface area contributed by atoms with E-state index in [1.807, 2.05) is 19.1 Å².